The summed E-state index contributed by atoms with van der Waals surface area (Å²) in [5, 5.41) is 9.32. The van der Waals surface area contributed by atoms with E-state index in [4.69, 9.17) is 9.47 Å². The molecule has 3 N–H and O–H groups in total. The number of hydrogen-bond donors (Lipinski definition) is 3. The molecule has 0 radical (unpaired) electrons. The minimum atomic E-state index is -0.109. The van der Waals surface area contributed by atoms with Crippen LogP contribution in [0.25, 0.3) is 0 Å². The topological polar surface area (TPSA) is 126 Å². The van der Waals surface area contributed by atoms with E-state index in [2.05, 4.69) is 83.3 Å². The van der Waals surface area contributed by atoms with E-state index < -0.39 is 0 Å². The summed E-state index contributed by atoms with van der Waals surface area (Å²) in [5.74, 6) is -0.111. The average molecular weight is 956 g/mol. The number of ether oxygens (including phenoxy) is 2. The van der Waals surface area contributed by atoms with Crippen LogP contribution in [-0.2, 0) is 28.7 Å². The molecule has 0 unspecified atom stereocenters. The average Bonchev–Trinajstić information content (AvgIpc) is 3.33. The molecule has 10 heteroatoms. The minimum Gasteiger partial charge on any atom is -0.466 e. The number of hydrogen-bond acceptors (Lipinski definition) is 8. The van der Waals surface area contributed by atoms with Gasteiger partial charge >= 0.3 is 11.9 Å². The van der Waals surface area contributed by atoms with Gasteiger partial charge in [0, 0.05) is 51.9 Å². The van der Waals surface area contributed by atoms with Gasteiger partial charge in [0.1, 0.15) is 0 Å². The highest BCUT2D eigenvalue weighted by atomic mass is 16.5. The molecule has 0 spiro atoms. The zero-order valence-corrected chi connectivity index (χ0v) is 44.4. The molecule has 0 fully saturated rings. The van der Waals surface area contributed by atoms with Crippen molar-refractivity contribution in [2.24, 2.45) is 0 Å². The second-order valence-electron chi connectivity index (χ2n) is 18.8. The molecule has 0 atom stereocenters. The lowest BCUT2D eigenvalue weighted by atomic mass is 10.1. The summed E-state index contributed by atoms with van der Waals surface area (Å²) in [6, 6.07) is 0. The number of unbranched alkanes of at least 4 members (excludes halogenated alkanes) is 22. The second kappa shape index (κ2) is 54.7. The van der Waals surface area contributed by atoms with Crippen LogP contribution in [-0.4, -0.2) is 88.2 Å². The van der Waals surface area contributed by atoms with Gasteiger partial charge in [0.2, 0.25) is 11.8 Å². The Morgan fingerprint density at radius 2 is 0.779 bits per heavy atom. The summed E-state index contributed by atoms with van der Waals surface area (Å²) < 4.78 is 10.8. The van der Waals surface area contributed by atoms with Crippen molar-refractivity contribution in [3.05, 3.63) is 48.6 Å². The molecule has 10 nitrogen and oxygen atoms in total. The van der Waals surface area contributed by atoms with E-state index in [-0.39, 0.29) is 23.8 Å². The van der Waals surface area contributed by atoms with E-state index in [0.29, 0.717) is 65.1 Å². The highest BCUT2D eigenvalue weighted by molar-refractivity contribution is 5.76. The Bertz CT molecular complexity index is 1270. The highest BCUT2D eigenvalue weighted by Crippen LogP contribution is 2.11. The zero-order chi connectivity index (χ0) is 49.5. The number of carbonyl (C=O) groups is 4. The van der Waals surface area contributed by atoms with E-state index in [1.807, 2.05) is 7.05 Å². The van der Waals surface area contributed by atoms with Gasteiger partial charge < -0.3 is 30.3 Å². The van der Waals surface area contributed by atoms with E-state index in [9.17, 15) is 19.2 Å². The normalized spacial score (nSPS) is 11.8. The Morgan fingerprint density at radius 1 is 0.382 bits per heavy atom. The largest absolute Gasteiger partial charge is 0.466 e. The van der Waals surface area contributed by atoms with Gasteiger partial charge in [0.15, 0.2) is 0 Å². The SMILES string of the molecule is CCCCC/C=C\C/C=C\CCCCCCCCOC(=O)CCCCCNC(=O)CCNCCCN(C)CCC(=O)NCCCCCC(=O)OCCCCCCCC/C=C\C/C=C\CCCCC. The first-order valence-electron chi connectivity index (χ1n) is 28.2. The standard InChI is InChI=1S/C58H106N4O6/c1-4-6-8-10-12-14-16-18-20-22-24-26-28-30-32-40-53-67-57(65)43-36-34-38-48-60-55(63)45-50-59-47-42-51-62(3)52-46-56(64)61-49-39-35-37-44-58(66)68-54-41-33-31-29-27-25-23-21-19-17-15-13-11-9-7-5-2/h12-15,18-21,59H,4-11,16-17,22-54H2,1-3H3,(H,60,63)(H,61,64)/b14-12-,15-13-,20-18-,21-19-. The summed E-state index contributed by atoms with van der Waals surface area (Å²) in [4.78, 5) is 50.8. The first kappa shape index (κ1) is 64.8. The molecule has 0 aromatic rings. The summed E-state index contributed by atoms with van der Waals surface area (Å²) in [6.45, 7) is 9.84. The van der Waals surface area contributed by atoms with E-state index in [0.717, 1.165) is 96.6 Å². The van der Waals surface area contributed by atoms with Gasteiger partial charge in [-0.1, -0.05) is 152 Å². The first-order chi connectivity index (χ1) is 33.4. The number of carbonyl (C=O) groups excluding carboxylic acids is 4. The van der Waals surface area contributed by atoms with Gasteiger partial charge in [-0.3, -0.25) is 19.2 Å². The lowest BCUT2D eigenvalue weighted by Gasteiger charge is -2.16. The summed E-state index contributed by atoms with van der Waals surface area (Å²) in [7, 11) is 2.03. The van der Waals surface area contributed by atoms with E-state index in [1.54, 1.807) is 0 Å². The van der Waals surface area contributed by atoms with Crippen molar-refractivity contribution in [3.8, 4) is 0 Å². The maximum absolute atomic E-state index is 12.3. The molecule has 0 aromatic heterocycles. The van der Waals surface area contributed by atoms with E-state index in [1.165, 1.54) is 116 Å². The van der Waals surface area contributed by atoms with Gasteiger partial charge in [0.05, 0.1) is 13.2 Å². The predicted octanol–water partition coefficient (Wildman–Crippen LogP) is 13.7. The summed E-state index contributed by atoms with van der Waals surface area (Å²) >= 11 is 0. The van der Waals surface area contributed by atoms with Crippen molar-refractivity contribution in [1.82, 2.24) is 20.9 Å². The molecule has 2 amide bonds. The van der Waals surface area contributed by atoms with E-state index >= 15 is 0 Å². The Balaban J connectivity index is 3.48. The molecular weight excluding hydrogens is 849 g/mol. The van der Waals surface area contributed by atoms with Gasteiger partial charge in [-0.2, -0.15) is 0 Å². The monoisotopic (exact) mass is 955 g/mol. The van der Waals surface area contributed by atoms with Crippen LogP contribution in [0.3, 0.4) is 0 Å². The van der Waals surface area contributed by atoms with Crippen molar-refractivity contribution >= 4 is 23.8 Å². The maximum Gasteiger partial charge on any atom is 0.305 e. The molecule has 0 saturated carbocycles. The van der Waals surface area contributed by atoms with Gasteiger partial charge in [0.25, 0.3) is 0 Å². The molecule has 0 aromatic carbocycles. The van der Waals surface area contributed by atoms with Crippen LogP contribution >= 0.6 is 0 Å². The molecule has 0 rings (SSSR count). The fourth-order valence-corrected chi connectivity index (χ4v) is 7.68. The lowest BCUT2D eigenvalue weighted by Crippen LogP contribution is -2.31. The Labute approximate surface area is 418 Å². The second-order valence-corrected chi connectivity index (χ2v) is 18.8. The minimum absolute atomic E-state index is 0.0457. The molecule has 394 valence electrons. The zero-order valence-electron chi connectivity index (χ0n) is 44.4. The summed E-state index contributed by atoms with van der Waals surface area (Å²) in [6.07, 6.45) is 55.0. The molecular formula is C58H106N4O6. The lowest BCUT2D eigenvalue weighted by molar-refractivity contribution is -0.144. The van der Waals surface area contributed by atoms with Crippen LogP contribution in [0, 0.1) is 0 Å². The fourth-order valence-electron chi connectivity index (χ4n) is 7.68. The Kier molecular flexibility index (Phi) is 52.1. The van der Waals surface area contributed by atoms with Crippen molar-refractivity contribution in [2.75, 3.05) is 59.5 Å². The number of nitrogens with zero attached hydrogens (tertiary/aromatic N) is 1. The number of rotatable bonds is 52. The van der Waals surface area contributed by atoms with Gasteiger partial charge in [-0.15, -0.1) is 0 Å². The van der Waals surface area contributed by atoms with Crippen LogP contribution in [0.1, 0.15) is 239 Å². The van der Waals surface area contributed by atoms with Crippen LogP contribution < -0.4 is 16.0 Å². The molecule has 0 saturated heterocycles. The molecule has 0 aliphatic carbocycles. The quantitative estimate of drug-likeness (QED) is 0.0313. The third-order valence-electron chi connectivity index (χ3n) is 12.1. The number of esters is 2. The Morgan fingerprint density at radius 3 is 1.24 bits per heavy atom. The molecule has 0 heterocycles. The predicted molar refractivity (Wildman–Crippen MR) is 288 cm³/mol. The van der Waals surface area contributed by atoms with Gasteiger partial charge in [-0.25, -0.2) is 0 Å². The summed E-state index contributed by atoms with van der Waals surface area (Å²) in [5.41, 5.74) is 0. The van der Waals surface area contributed by atoms with Crippen molar-refractivity contribution in [1.29, 1.82) is 0 Å². The first-order valence-corrected chi connectivity index (χ1v) is 28.2. The van der Waals surface area contributed by atoms with Crippen LogP contribution in [0.2, 0.25) is 0 Å². The third kappa shape index (κ3) is 53.7. The highest BCUT2D eigenvalue weighted by Gasteiger charge is 2.07. The Hall–Kier alpha value is -3.24. The van der Waals surface area contributed by atoms with Crippen LogP contribution in [0.5, 0.6) is 0 Å². The number of allylic oxidation sites excluding steroid dienone is 8. The van der Waals surface area contributed by atoms with Crippen LogP contribution in [0.4, 0.5) is 0 Å². The molecule has 0 aliphatic rings. The molecule has 68 heavy (non-hydrogen) atoms. The van der Waals surface area contributed by atoms with Crippen molar-refractivity contribution in [2.45, 2.75) is 239 Å². The van der Waals surface area contributed by atoms with Crippen molar-refractivity contribution < 1.29 is 28.7 Å². The fraction of sp³-hybridized carbons (Fsp3) is 0.793. The number of nitrogens with one attached hydrogen (secondary N) is 3. The van der Waals surface area contributed by atoms with Gasteiger partial charge in [-0.05, 0) is 129 Å². The van der Waals surface area contributed by atoms with Crippen molar-refractivity contribution in [3.63, 3.8) is 0 Å². The third-order valence-corrected chi connectivity index (χ3v) is 12.1. The van der Waals surface area contributed by atoms with Crippen LogP contribution in [0.15, 0.2) is 48.6 Å². The smallest absolute Gasteiger partial charge is 0.305 e. The molecule has 0 aliphatic heterocycles. The maximum atomic E-state index is 12.3. The number of amides is 2. The molecule has 0 bridgehead atoms.